The molecule has 0 saturated heterocycles. The summed E-state index contributed by atoms with van der Waals surface area (Å²) >= 11 is 0. The van der Waals surface area contributed by atoms with Crippen molar-refractivity contribution in [2.75, 3.05) is 6.61 Å². The number of carbonyl (C=O) groups is 1. The minimum atomic E-state index is -0.101. The van der Waals surface area contributed by atoms with Crippen LogP contribution in [0.25, 0.3) is 0 Å². The van der Waals surface area contributed by atoms with Crippen LogP contribution in [0.5, 0.6) is 5.75 Å². The van der Waals surface area contributed by atoms with E-state index in [0.29, 0.717) is 25.2 Å². The molecule has 0 aliphatic rings. The first kappa shape index (κ1) is 30.5. The van der Waals surface area contributed by atoms with E-state index in [2.05, 4.69) is 13.8 Å². The molecule has 0 unspecified atom stereocenters. The van der Waals surface area contributed by atoms with Gasteiger partial charge in [0.15, 0.2) is 0 Å². The van der Waals surface area contributed by atoms with Crippen LogP contribution in [0.1, 0.15) is 147 Å². The second-order valence-corrected chi connectivity index (χ2v) is 10.1. The van der Waals surface area contributed by atoms with Gasteiger partial charge in [0.2, 0.25) is 0 Å². The maximum Gasteiger partial charge on any atom is 0.306 e. The summed E-state index contributed by atoms with van der Waals surface area (Å²) in [6.45, 7) is 5.00. The molecule has 1 aromatic carbocycles. The van der Waals surface area contributed by atoms with Crippen LogP contribution >= 0.6 is 0 Å². The predicted octanol–water partition coefficient (Wildman–Crippen LogP) is 9.47. The van der Waals surface area contributed by atoms with Gasteiger partial charge in [-0.05, 0) is 48.9 Å². The van der Waals surface area contributed by atoms with E-state index in [-0.39, 0.29) is 5.97 Å². The molecular weight excluding hydrogens is 420 g/mol. The Hall–Kier alpha value is -1.51. The largest absolute Gasteiger partial charge is 0.508 e. The fourth-order valence-electron chi connectivity index (χ4n) is 4.60. The average molecular weight is 475 g/mol. The smallest absolute Gasteiger partial charge is 0.306 e. The Morgan fingerprint density at radius 2 is 1.15 bits per heavy atom. The van der Waals surface area contributed by atoms with Crippen molar-refractivity contribution in [3.63, 3.8) is 0 Å². The zero-order valence-corrected chi connectivity index (χ0v) is 22.6. The summed E-state index contributed by atoms with van der Waals surface area (Å²) in [5.41, 5.74) is 2.32. The summed E-state index contributed by atoms with van der Waals surface area (Å²) in [5.74, 6) is 0.205. The SMILES string of the molecule is CCCCCCCCCCCCCCCCCCOC(=O)CCc1ccc(O)cc1CCCC. The summed E-state index contributed by atoms with van der Waals surface area (Å²) in [6.07, 6.45) is 25.9. The molecule has 1 aromatic rings. The van der Waals surface area contributed by atoms with Gasteiger partial charge in [0, 0.05) is 6.42 Å². The van der Waals surface area contributed by atoms with E-state index in [9.17, 15) is 9.90 Å². The molecule has 3 nitrogen and oxygen atoms in total. The second-order valence-electron chi connectivity index (χ2n) is 10.1. The van der Waals surface area contributed by atoms with Gasteiger partial charge in [0.05, 0.1) is 6.61 Å². The number of aromatic hydroxyl groups is 1. The third-order valence-electron chi connectivity index (χ3n) is 6.85. The molecule has 0 fully saturated rings. The first-order valence-electron chi connectivity index (χ1n) is 14.6. The lowest BCUT2D eigenvalue weighted by atomic mass is 9.98. The topological polar surface area (TPSA) is 46.5 Å². The number of phenols is 1. The molecule has 1 N–H and O–H groups in total. The molecule has 0 amide bonds. The van der Waals surface area contributed by atoms with Gasteiger partial charge in [0.25, 0.3) is 0 Å². The quantitative estimate of drug-likeness (QED) is 0.127. The molecule has 0 spiro atoms. The highest BCUT2D eigenvalue weighted by Gasteiger charge is 2.08. The Labute approximate surface area is 211 Å². The lowest BCUT2D eigenvalue weighted by Crippen LogP contribution is -2.08. The van der Waals surface area contributed by atoms with Crippen LogP contribution in [0.4, 0.5) is 0 Å². The van der Waals surface area contributed by atoms with Crippen LogP contribution in [-0.2, 0) is 22.4 Å². The van der Waals surface area contributed by atoms with E-state index < -0.39 is 0 Å². The first-order valence-corrected chi connectivity index (χ1v) is 14.6. The molecule has 34 heavy (non-hydrogen) atoms. The number of hydrogen-bond acceptors (Lipinski definition) is 3. The molecule has 0 aliphatic heterocycles. The number of carbonyl (C=O) groups excluding carboxylic acids is 1. The van der Waals surface area contributed by atoms with Crippen molar-refractivity contribution in [2.24, 2.45) is 0 Å². The number of benzene rings is 1. The predicted molar refractivity (Wildman–Crippen MR) is 146 cm³/mol. The highest BCUT2D eigenvalue weighted by atomic mass is 16.5. The van der Waals surface area contributed by atoms with E-state index in [1.54, 1.807) is 6.07 Å². The lowest BCUT2D eigenvalue weighted by Gasteiger charge is -2.10. The van der Waals surface area contributed by atoms with Gasteiger partial charge in [-0.25, -0.2) is 0 Å². The molecule has 0 aliphatic carbocycles. The number of esters is 1. The van der Waals surface area contributed by atoms with Crippen molar-refractivity contribution < 1.29 is 14.6 Å². The number of unbranched alkanes of at least 4 members (excludes halogenated alkanes) is 16. The van der Waals surface area contributed by atoms with Crippen molar-refractivity contribution in [1.82, 2.24) is 0 Å². The van der Waals surface area contributed by atoms with Gasteiger partial charge in [-0.15, -0.1) is 0 Å². The number of ether oxygens (including phenoxy) is 1. The van der Waals surface area contributed by atoms with Crippen LogP contribution in [-0.4, -0.2) is 17.7 Å². The van der Waals surface area contributed by atoms with Crippen molar-refractivity contribution >= 4 is 5.97 Å². The number of aryl methyl sites for hydroxylation is 2. The van der Waals surface area contributed by atoms with Crippen molar-refractivity contribution in [3.05, 3.63) is 29.3 Å². The second kappa shape index (κ2) is 22.0. The van der Waals surface area contributed by atoms with Gasteiger partial charge in [0.1, 0.15) is 5.75 Å². The van der Waals surface area contributed by atoms with Gasteiger partial charge >= 0.3 is 5.97 Å². The van der Waals surface area contributed by atoms with Crippen molar-refractivity contribution in [3.8, 4) is 5.75 Å². The first-order chi connectivity index (χ1) is 16.7. The molecule has 0 atom stereocenters. The monoisotopic (exact) mass is 474 g/mol. The minimum Gasteiger partial charge on any atom is -0.508 e. The fourth-order valence-corrected chi connectivity index (χ4v) is 4.60. The van der Waals surface area contributed by atoms with Gasteiger partial charge in [-0.3, -0.25) is 4.79 Å². The third kappa shape index (κ3) is 17.0. The fraction of sp³-hybridized carbons (Fsp3) is 0.774. The summed E-state index contributed by atoms with van der Waals surface area (Å²) in [4.78, 5) is 12.1. The number of phenolic OH excluding ortho intramolecular Hbond substituents is 1. The molecule has 0 heterocycles. The highest BCUT2D eigenvalue weighted by Crippen LogP contribution is 2.20. The van der Waals surface area contributed by atoms with Crippen LogP contribution in [0.2, 0.25) is 0 Å². The Balaban J connectivity index is 1.91. The molecule has 0 saturated carbocycles. The molecule has 0 aromatic heterocycles. The van der Waals surface area contributed by atoms with Crippen LogP contribution in [0, 0.1) is 0 Å². The number of rotatable bonds is 23. The van der Waals surface area contributed by atoms with E-state index in [4.69, 9.17) is 4.74 Å². The normalized spacial score (nSPS) is 11.1. The molecule has 3 heteroatoms. The Bertz CT molecular complexity index is 611. The van der Waals surface area contributed by atoms with Crippen LogP contribution < -0.4 is 0 Å². The summed E-state index contributed by atoms with van der Waals surface area (Å²) in [7, 11) is 0. The standard InChI is InChI=1S/C31H54O3/c1-3-5-7-8-9-10-11-12-13-14-15-16-17-18-19-20-26-34-31(33)25-23-28-22-24-30(32)27-29(28)21-6-4-2/h22,24,27,32H,3-21,23,25-26H2,1-2H3. The highest BCUT2D eigenvalue weighted by molar-refractivity contribution is 5.69. The Morgan fingerprint density at radius 1 is 0.647 bits per heavy atom. The van der Waals surface area contributed by atoms with Gasteiger partial charge in [-0.1, -0.05) is 123 Å². The van der Waals surface area contributed by atoms with Gasteiger partial charge < -0.3 is 9.84 Å². The van der Waals surface area contributed by atoms with Gasteiger partial charge in [-0.2, -0.15) is 0 Å². The van der Waals surface area contributed by atoms with Crippen LogP contribution in [0.3, 0.4) is 0 Å². The maximum absolute atomic E-state index is 12.1. The maximum atomic E-state index is 12.1. The molecule has 196 valence electrons. The van der Waals surface area contributed by atoms with E-state index in [1.165, 1.54) is 89.9 Å². The summed E-state index contributed by atoms with van der Waals surface area (Å²) in [5, 5.41) is 9.74. The molecule has 1 rings (SSSR count). The van der Waals surface area contributed by atoms with Crippen molar-refractivity contribution in [1.29, 1.82) is 0 Å². The molecular formula is C31H54O3. The van der Waals surface area contributed by atoms with Crippen molar-refractivity contribution in [2.45, 2.75) is 149 Å². The summed E-state index contributed by atoms with van der Waals surface area (Å²) < 4.78 is 5.44. The lowest BCUT2D eigenvalue weighted by molar-refractivity contribution is -0.143. The Kier molecular flexibility index (Phi) is 19.7. The number of hydrogen-bond donors (Lipinski definition) is 1. The minimum absolute atomic E-state index is 0.101. The third-order valence-corrected chi connectivity index (χ3v) is 6.85. The molecule has 0 bridgehead atoms. The van der Waals surface area contributed by atoms with Crippen LogP contribution in [0.15, 0.2) is 18.2 Å². The zero-order chi connectivity index (χ0) is 24.7. The molecule has 0 radical (unpaired) electrons. The van der Waals surface area contributed by atoms with E-state index >= 15 is 0 Å². The zero-order valence-electron chi connectivity index (χ0n) is 22.6. The van der Waals surface area contributed by atoms with E-state index in [1.807, 2.05) is 12.1 Å². The average Bonchev–Trinajstić information content (AvgIpc) is 2.84. The Morgan fingerprint density at radius 3 is 1.68 bits per heavy atom. The van der Waals surface area contributed by atoms with E-state index in [0.717, 1.165) is 43.2 Å². The summed E-state index contributed by atoms with van der Waals surface area (Å²) in [6, 6.07) is 5.50.